The van der Waals surface area contributed by atoms with Crippen molar-refractivity contribution in [3.63, 3.8) is 0 Å². The number of nitrogens with one attached hydrogen (secondary N) is 1. The monoisotopic (exact) mass is 271 g/mol. The first kappa shape index (κ1) is 13.2. The number of para-hydroxylation sites is 1. The summed E-state index contributed by atoms with van der Waals surface area (Å²) >= 11 is 0. The minimum Gasteiger partial charge on any atom is -0.484 e. The van der Waals surface area contributed by atoms with Gasteiger partial charge < -0.3 is 14.6 Å². The lowest BCUT2D eigenvalue weighted by Gasteiger charge is -2.32. The number of ether oxygens (including phenoxy) is 1. The third kappa shape index (κ3) is 2.20. The molecule has 0 bridgehead atoms. The Bertz CT molecular complexity index is 591. The second kappa shape index (κ2) is 5.29. The molecule has 0 spiro atoms. The highest BCUT2D eigenvalue weighted by Crippen LogP contribution is 2.40. The van der Waals surface area contributed by atoms with Crippen LogP contribution in [0.5, 0.6) is 5.75 Å². The van der Waals surface area contributed by atoms with Gasteiger partial charge in [0.2, 0.25) is 0 Å². The molecule has 2 heterocycles. The number of fused-ring (bicyclic) bond motifs is 1. The van der Waals surface area contributed by atoms with Crippen LogP contribution in [0, 0.1) is 0 Å². The van der Waals surface area contributed by atoms with Gasteiger partial charge in [-0.15, -0.1) is 0 Å². The van der Waals surface area contributed by atoms with Crippen LogP contribution in [0.3, 0.4) is 0 Å². The standard InChI is InChI=1S/C16H21N3O/c1-11(2)19-10-18-9-14(19)16-8-13(17-3)12-6-4-5-7-15(12)20-16/h4-7,9-11,13,16-17H,8H2,1-3H3. The highest BCUT2D eigenvalue weighted by atomic mass is 16.5. The van der Waals surface area contributed by atoms with Gasteiger partial charge in [0.15, 0.2) is 0 Å². The molecule has 4 nitrogen and oxygen atoms in total. The SMILES string of the molecule is CNC1CC(c2cncn2C(C)C)Oc2ccccc21. The van der Waals surface area contributed by atoms with E-state index in [1.807, 2.05) is 31.7 Å². The van der Waals surface area contributed by atoms with Crippen molar-refractivity contribution in [3.8, 4) is 5.75 Å². The Labute approximate surface area is 119 Å². The van der Waals surface area contributed by atoms with Crippen molar-refractivity contribution in [3.05, 3.63) is 48.0 Å². The molecular formula is C16H21N3O. The van der Waals surface area contributed by atoms with Crippen molar-refractivity contribution in [1.82, 2.24) is 14.9 Å². The van der Waals surface area contributed by atoms with Crippen LogP contribution >= 0.6 is 0 Å². The molecule has 3 rings (SSSR count). The molecule has 106 valence electrons. The summed E-state index contributed by atoms with van der Waals surface area (Å²) in [5, 5.41) is 3.39. The minimum absolute atomic E-state index is 0.0484. The van der Waals surface area contributed by atoms with Crippen LogP contribution in [-0.4, -0.2) is 16.6 Å². The van der Waals surface area contributed by atoms with Crippen LogP contribution in [0.1, 0.15) is 49.7 Å². The Morgan fingerprint density at radius 3 is 2.90 bits per heavy atom. The van der Waals surface area contributed by atoms with E-state index in [4.69, 9.17) is 4.74 Å². The number of benzene rings is 1. The molecule has 1 aromatic carbocycles. The lowest BCUT2D eigenvalue weighted by atomic mass is 9.95. The second-order valence-corrected chi connectivity index (χ2v) is 5.54. The van der Waals surface area contributed by atoms with Crippen molar-refractivity contribution < 1.29 is 4.74 Å². The van der Waals surface area contributed by atoms with Crippen molar-refractivity contribution >= 4 is 0 Å². The van der Waals surface area contributed by atoms with E-state index < -0.39 is 0 Å². The Balaban J connectivity index is 1.96. The summed E-state index contributed by atoms with van der Waals surface area (Å²) in [6.07, 6.45) is 4.78. The predicted molar refractivity (Wildman–Crippen MR) is 78.8 cm³/mol. The molecule has 2 atom stereocenters. The first-order chi connectivity index (χ1) is 9.70. The Hall–Kier alpha value is -1.81. The number of aromatic nitrogens is 2. The zero-order valence-electron chi connectivity index (χ0n) is 12.2. The fraction of sp³-hybridized carbons (Fsp3) is 0.438. The van der Waals surface area contributed by atoms with Gasteiger partial charge in [0.1, 0.15) is 11.9 Å². The fourth-order valence-corrected chi connectivity index (χ4v) is 2.87. The summed E-state index contributed by atoms with van der Waals surface area (Å²) in [5.41, 5.74) is 2.39. The van der Waals surface area contributed by atoms with Gasteiger partial charge in [0, 0.05) is 24.1 Å². The average molecular weight is 271 g/mol. The van der Waals surface area contributed by atoms with Gasteiger partial charge in [0.25, 0.3) is 0 Å². The van der Waals surface area contributed by atoms with Crippen LogP contribution in [0.4, 0.5) is 0 Å². The molecule has 0 radical (unpaired) electrons. The van der Waals surface area contributed by atoms with E-state index >= 15 is 0 Å². The van der Waals surface area contributed by atoms with Gasteiger partial charge in [-0.3, -0.25) is 0 Å². The van der Waals surface area contributed by atoms with Gasteiger partial charge >= 0.3 is 0 Å². The fourth-order valence-electron chi connectivity index (χ4n) is 2.87. The summed E-state index contributed by atoms with van der Waals surface area (Å²) in [6.45, 7) is 4.33. The number of nitrogens with zero attached hydrogens (tertiary/aromatic N) is 2. The van der Waals surface area contributed by atoms with E-state index in [2.05, 4.69) is 40.8 Å². The number of hydrogen-bond acceptors (Lipinski definition) is 3. The third-order valence-corrected chi connectivity index (χ3v) is 3.94. The number of hydrogen-bond donors (Lipinski definition) is 1. The molecule has 1 aromatic heterocycles. The maximum atomic E-state index is 6.20. The zero-order chi connectivity index (χ0) is 14.1. The molecule has 2 aromatic rings. The number of imidazole rings is 1. The van der Waals surface area contributed by atoms with Crippen molar-refractivity contribution in [1.29, 1.82) is 0 Å². The maximum absolute atomic E-state index is 6.20. The zero-order valence-corrected chi connectivity index (χ0v) is 12.2. The molecule has 1 aliphatic heterocycles. The van der Waals surface area contributed by atoms with Crippen LogP contribution in [0.25, 0.3) is 0 Å². The number of rotatable bonds is 3. The highest BCUT2D eigenvalue weighted by Gasteiger charge is 2.30. The summed E-state index contributed by atoms with van der Waals surface area (Å²) in [5.74, 6) is 0.972. The van der Waals surface area contributed by atoms with E-state index in [-0.39, 0.29) is 6.10 Å². The van der Waals surface area contributed by atoms with Crippen LogP contribution in [0.15, 0.2) is 36.8 Å². The normalized spacial score (nSPS) is 21.6. The van der Waals surface area contributed by atoms with Gasteiger partial charge in [-0.1, -0.05) is 18.2 Å². The minimum atomic E-state index is 0.0484. The molecule has 20 heavy (non-hydrogen) atoms. The van der Waals surface area contributed by atoms with Crippen LogP contribution < -0.4 is 10.1 Å². The van der Waals surface area contributed by atoms with E-state index in [0.29, 0.717) is 12.1 Å². The summed E-state index contributed by atoms with van der Waals surface area (Å²) in [7, 11) is 2.00. The molecule has 0 aliphatic carbocycles. The van der Waals surface area contributed by atoms with E-state index in [1.165, 1.54) is 5.56 Å². The van der Waals surface area contributed by atoms with Crippen LogP contribution in [-0.2, 0) is 0 Å². The Morgan fingerprint density at radius 1 is 1.35 bits per heavy atom. The summed E-state index contributed by atoms with van der Waals surface area (Å²) in [6, 6.07) is 8.97. The lowest BCUT2D eigenvalue weighted by molar-refractivity contribution is 0.144. The maximum Gasteiger partial charge on any atom is 0.142 e. The van der Waals surface area contributed by atoms with E-state index in [9.17, 15) is 0 Å². The molecule has 2 unspecified atom stereocenters. The quantitative estimate of drug-likeness (QED) is 0.931. The molecule has 1 aliphatic rings. The van der Waals surface area contributed by atoms with Gasteiger partial charge in [-0.05, 0) is 27.0 Å². The van der Waals surface area contributed by atoms with Gasteiger partial charge in [-0.25, -0.2) is 4.98 Å². The van der Waals surface area contributed by atoms with Crippen molar-refractivity contribution in [2.45, 2.75) is 38.5 Å². The van der Waals surface area contributed by atoms with Crippen molar-refractivity contribution in [2.24, 2.45) is 0 Å². The average Bonchev–Trinajstić information content (AvgIpc) is 2.95. The lowest BCUT2D eigenvalue weighted by Crippen LogP contribution is -2.28. The largest absolute Gasteiger partial charge is 0.484 e. The smallest absolute Gasteiger partial charge is 0.142 e. The van der Waals surface area contributed by atoms with Crippen LogP contribution in [0.2, 0.25) is 0 Å². The molecule has 1 N–H and O–H groups in total. The highest BCUT2D eigenvalue weighted by molar-refractivity contribution is 5.38. The second-order valence-electron chi connectivity index (χ2n) is 5.54. The van der Waals surface area contributed by atoms with Gasteiger partial charge in [0.05, 0.1) is 18.2 Å². The van der Waals surface area contributed by atoms with Crippen molar-refractivity contribution in [2.75, 3.05) is 7.05 Å². The molecule has 0 saturated carbocycles. The molecule has 0 saturated heterocycles. The summed E-state index contributed by atoms with van der Waals surface area (Å²) in [4.78, 5) is 4.29. The first-order valence-corrected chi connectivity index (χ1v) is 7.15. The van der Waals surface area contributed by atoms with Gasteiger partial charge in [-0.2, -0.15) is 0 Å². The molecule has 0 amide bonds. The Morgan fingerprint density at radius 2 is 2.15 bits per heavy atom. The molecule has 4 heteroatoms. The summed E-state index contributed by atoms with van der Waals surface area (Å²) < 4.78 is 8.38. The van der Waals surface area contributed by atoms with E-state index in [0.717, 1.165) is 17.9 Å². The van der Waals surface area contributed by atoms with E-state index in [1.54, 1.807) is 0 Å². The first-order valence-electron chi connectivity index (χ1n) is 7.15. The third-order valence-electron chi connectivity index (χ3n) is 3.94. The molecular weight excluding hydrogens is 250 g/mol. The molecule has 0 fully saturated rings. The topological polar surface area (TPSA) is 39.1 Å². The predicted octanol–water partition coefficient (Wildman–Crippen LogP) is 3.25. The Kier molecular flexibility index (Phi) is 3.49.